The predicted octanol–water partition coefficient (Wildman–Crippen LogP) is 4.37. The van der Waals surface area contributed by atoms with E-state index in [1.54, 1.807) is 18.5 Å². The lowest BCUT2D eigenvalue weighted by Gasteiger charge is -2.32. The van der Waals surface area contributed by atoms with E-state index in [0.717, 1.165) is 34.3 Å². The Morgan fingerprint density at radius 3 is 2.50 bits per heavy atom. The number of pyridine rings is 1. The molecule has 0 spiro atoms. The minimum absolute atomic E-state index is 0.0676. The van der Waals surface area contributed by atoms with Crippen molar-refractivity contribution in [2.75, 3.05) is 0 Å². The number of H-pyrrole nitrogens is 1. The van der Waals surface area contributed by atoms with Gasteiger partial charge in [-0.1, -0.05) is 18.2 Å². The molecule has 0 unspecified atom stereocenters. The molecule has 208 valence electrons. The van der Waals surface area contributed by atoms with Gasteiger partial charge in [0.2, 0.25) is 11.8 Å². The van der Waals surface area contributed by atoms with Crippen molar-refractivity contribution in [1.82, 2.24) is 29.1 Å². The van der Waals surface area contributed by atoms with Crippen molar-refractivity contribution in [2.45, 2.75) is 39.5 Å². The van der Waals surface area contributed by atoms with Crippen LogP contribution in [-0.4, -0.2) is 62.3 Å². The summed E-state index contributed by atoms with van der Waals surface area (Å²) >= 11 is 0. The van der Waals surface area contributed by atoms with E-state index in [1.165, 1.54) is 4.90 Å². The van der Waals surface area contributed by atoms with Gasteiger partial charge in [-0.2, -0.15) is 0 Å². The van der Waals surface area contributed by atoms with Crippen molar-refractivity contribution >= 4 is 34.3 Å². The largest absolute Gasteiger partial charge is 0.534 e. The van der Waals surface area contributed by atoms with Crippen LogP contribution in [0.2, 0.25) is 0 Å². The SMILES string of the molecule is Cn1cnc2c(CN(C(=O)O)C(C)(C)C)nc3[nH]c(-c4cccc(COC(=O)On5c(O)ccc5O)c4)cc3c21. The number of benzene rings is 1. The van der Waals surface area contributed by atoms with Crippen LogP contribution >= 0.6 is 0 Å². The molecule has 0 bridgehead atoms. The van der Waals surface area contributed by atoms with Crippen molar-refractivity contribution in [1.29, 1.82) is 0 Å². The second-order valence-corrected chi connectivity index (χ2v) is 10.3. The van der Waals surface area contributed by atoms with Gasteiger partial charge in [0, 0.05) is 35.8 Å². The molecule has 40 heavy (non-hydrogen) atoms. The van der Waals surface area contributed by atoms with Crippen molar-refractivity contribution in [3.63, 3.8) is 0 Å². The molecular formula is C27H28N6O7. The van der Waals surface area contributed by atoms with Gasteiger partial charge in [-0.05, 0) is 44.0 Å². The maximum Gasteiger partial charge on any atom is 0.534 e. The van der Waals surface area contributed by atoms with Crippen LogP contribution in [0.15, 0.2) is 48.8 Å². The van der Waals surface area contributed by atoms with E-state index in [2.05, 4.69) is 9.97 Å². The minimum Gasteiger partial charge on any atom is -0.492 e. The summed E-state index contributed by atoms with van der Waals surface area (Å²) in [7, 11) is 1.87. The molecule has 0 saturated carbocycles. The number of rotatable bonds is 6. The molecule has 4 aromatic heterocycles. The van der Waals surface area contributed by atoms with Gasteiger partial charge < -0.3 is 29.6 Å². The quantitative estimate of drug-likeness (QED) is 0.225. The number of aromatic hydroxyl groups is 2. The molecule has 5 rings (SSSR count). The summed E-state index contributed by atoms with van der Waals surface area (Å²) < 4.78 is 7.55. The summed E-state index contributed by atoms with van der Waals surface area (Å²) in [6, 6.07) is 11.6. The number of nitrogens with one attached hydrogen (secondary N) is 1. The normalized spacial score (nSPS) is 11.7. The van der Waals surface area contributed by atoms with Gasteiger partial charge in [0.05, 0.1) is 24.1 Å². The van der Waals surface area contributed by atoms with Crippen molar-refractivity contribution < 1.29 is 34.5 Å². The summed E-state index contributed by atoms with van der Waals surface area (Å²) in [6.07, 6.45) is -0.483. The molecule has 0 aliphatic heterocycles. The standard InChI is InChI=1S/C27H28N6O7/c1-27(2,3)32(25(36)37)12-19-22-23(31(4)14-28-22)17-11-18(29-24(17)30-19)16-7-5-6-15(10-16)13-39-26(38)40-33-20(34)8-9-21(33)35/h5-11,14,34-35H,12-13H2,1-4H3,(H,29,30)(H,36,37). The monoisotopic (exact) mass is 548 g/mol. The topological polar surface area (TPSA) is 168 Å². The summed E-state index contributed by atoms with van der Waals surface area (Å²) in [4.78, 5) is 42.8. The summed E-state index contributed by atoms with van der Waals surface area (Å²) in [5.41, 5.74) is 4.13. The Morgan fingerprint density at radius 2 is 1.82 bits per heavy atom. The number of hydrogen-bond acceptors (Lipinski definition) is 8. The Kier molecular flexibility index (Phi) is 6.49. The van der Waals surface area contributed by atoms with Gasteiger partial charge in [-0.3, -0.25) is 9.74 Å². The van der Waals surface area contributed by atoms with Gasteiger partial charge in [0.1, 0.15) is 17.8 Å². The number of aromatic amines is 1. The first-order chi connectivity index (χ1) is 18.9. The second-order valence-electron chi connectivity index (χ2n) is 10.3. The van der Waals surface area contributed by atoms with Gasteiger partial charge >= 0.3 is 12.2 Å². The molecule has 13 heteroatoms. The number of aromatic nitrogens is 5. The fourth-order valence-electron chi connectivity index (χ4n) is 4.43. The van der Waals surface area contributed by atoms with Gasteiger partial charge in [-0.25, -0.2) is 19.6 Å². The van der Waals surface area contributed by atoms with E-state index in [0.29, 0.717) is 27.2 Å². The van der Waals surface area contributed by atoms with E-state index in [-0.39, 0.29) is 13.2 Å². The molecular weight excluding hydrogens is 520 g/mol. The average Bonchev–Trinajstić information content (AvgIpc) is 3.58. The van der Waals surface area contributed by atoms with E-state index < -0.39 is 29.5 Å². The predicted molar refractivity (Wildman–Crippen MR) is 144 cm³/mol. The smallest absolute Gasteiger partial charge is 0.492 e. The number of hydrogen-bond donors (Lipinski definition) is 4. The molecule has 4 N–H and O–H groups in total. The lowest BCUT2D eigenvalue weighted by atomic mass is 10.1. The van der Waals surface area contributed by atoms with Crippen LogP contribution < -0.4 is 4.84 Å². The van der Waals surface area contributed by atoms with Crippen LogP contribution in [0.1, 0.15) is 32.0 Å². The van der Waals surface area contributed by atoms with E-state index >= 15 is 0 Å². The van der Waals surface area contributed by atoms with Crippen LogP contribution in [-0.2, 0) is 24.9 Å². The van der Waals surface area contributed by atoms with E-state index in [4.69, 9.17) is 14.6 Å². The number of fused-ring (bicyclic) bond motifs is 3. The maximum absolute atomic E-state index is 12.1. The van der Waals surface area contributed by atoms with Gasteiger partial charge in [0.25, 0.3) is 0 Å². The third kappa shape index (κ3) is 4.96. The Hall–Kier alpha value is -5.20. The summed E-state index contributed by atoms with van der Waals surface area (Å²) in [6.45, 7) is 5.42. The molecule has 0 aliphatic rings. The Morgan fingerprint density at radius 1 is 1.10 bits per heavy atom. The first-order valence-corrected chi connectivity index (χ1v) is 12.3. The summed E-state index contributed by atoms with van der Waals surface area (Å²) in [5, 5.41) is 29.8. The second kappa shape index (κ2) is 9.84. The number of ether oxygens (including phenoxy) is 1. The van der Waals surface area contributed by atoms with E-state index in [9.17, 15) is 24.9 Å². The number of imidazole rings is 1. The lowest BCUT2D eigenvalue weighted by molar-refractivity contribution is 0.0310. The fourth-order valence-corrected chi connectivity index (χ4v) is 4.43. The highest BCUT2D eigenvalue weighted by Crippen LogP contribution is 2.31. The number of amides is 1. The van der Waals surface area contributed by atoms with Crippen LogP contribution in [0.5, 0.6) is 11.8 Å². The zero-order valence-electron chi connectivity index (χ0n) is 22.2. The first-order valence-electron chi connectivity index (χ1n) is 12.3. The lowest BCUT2D eigenvalue weighted by Crippen LogP contribution is -2.44. The number of carbonyl (C=O) groups excluding carboxylic acids is 1. The molecule has 4 heterocycles. The molecule has 0 atom stereocenters. The highest BCUT2D eigenvalue weighted by atomic mass is 16.8. The Bertz CT molecular complexity index is 1720. The molecule has 0 saturated heterocycles. The van der Waals surface area contributed by atoms with Gasteiger partial charge in [-0.15, -0.1) is 4.73 Å². The molecule has 1 amide bonds. The molecule has 1 aromatic carbocycles. The van der Waals surface area contributed by atoms with Crippen molar-refractivity contribution in [3.8, 4) is 23.0 Å². The Labute approximate surface area is 227 Å². The average molecular weight is 549 g/mol. The van der Waals surface area contributed by atoms with Crippen LogP contribution in [0, 0.1) is 0 Å². The van der Waals surface area contributed by atoms with Crippen LogP contribution in [0.3, 0.4) is 0 Å². The zero-order valence-corrected chi connectivity index (χ0v) is 22.2. The molecule has 0 radical (unpaired) electrons. The molecule has 13 nitrogen and oxygen atoms in total. The van der Waals surface area contributed by atoms with Crippen LogP contribution in [0.25, 0.3) is 33.3 Å². The number of carbonyl (C=O) groups is 2. The molecule has 0 fully saturated rings. The van der Waals surface area contributed by atoms with Crippen LogP contribution in [0.4, 0.5) is 9.59 Å². The van der Waals surface area contributed by atoms with Crippen molar-refractivity contribution in [2.24, 2.45) is 7.05 Å². The number of carboxylic acid groups (broad SMARTS) is 1. The summed E-state index contributed by atoms with van der Waals surface area (Å²) in [5.74, 6) is -0.910. The van der Waals surface area contributed by atoms with E-state index in [1.807, 2.05) is 50.6 Å². The number of aryl methyl sites for hydroxylation is 1. The first kappa shape index (κ1) is 26.4. The third-order valence-corrected chi connectivity index (χ3v) is 6.42. The molecule has 5 aromatic rings. The fraction of sp³-hybridized carbons (Fsp3) is 0.259. The van der Waals surface area contributed by atoms with Gasteiger partial charge in [0.15, 0.2) is 0 Å². The number of nitrogens with zero attached hydrogens (tertiary/aromatic N) is 5. The van der Waals surface area contributed by atoms with Crippen molar-refractivity contribution in [3.05, 3.63) is 60.0 Å². The maximum atomic E-state index is 12.1. The molecule has 0 aliphatic carbocycles. The minimum atomic E-state index is -1.11. The Balaban J connectivity index is 1.43. The highest BCUT2D eigenvalue weighted by Gasteiger charge is 2.28. The zero-order chi connectivity index (χ0) is 28.8. The highest BCUT2D eigenvalue weighted by molar-refractivity contribution is 6.04. The third-order valence-electron chi connectivity index (χ3n) is 6.42.